The van der Waals surface area contributed by atoms with Gasteiger partial charge in [-0.1, -0.05) is 13.8 Å². The first-order chi connectivity index (χ1) is 13.5. The molecule has 0 aliphatic carbocycles. The molecule has 0 saturated heterocycles. The van der Waals surface area contributed by atoms with Gasteiger partial charge in [0, 0.05) is 12.7 Å². The van der Waals surface area contributed by atoms with Gasteiger partial charge in [-0.25, -0.2) is 4.99 Å². The molecule has 1 rings (SSSR count). The third-order valence-corrected chi connectivity index (χ3v) is 4.43. The van der Waals surface area contributed by atoms with Gasteiger partial charge in [0.15, 0.2) is 0 Å². The molecule has 0 bridgehead atoms. The largest absolute Gasteiger partial charge is 0.497 e. The van der Waals surface area contributed by atoms with Crippen molar-refractivity contribution in [2.75, 3.05) is 47.1 Å². The second-order valence-electron chi connectivity index (χ2n) is 6.48. The van der Waals surface area contributed by atoms with Crippen molar-refractivity contribution in [2.45, 2.75) is 39.7 Å². The average molecular weight is 394 g/mol. The van der Waals surface area contributed by atoms with Crippen molar-refractivity contribution < 1.29 is 19.0 Å². The lowest BCUT2D eigenvalue weighted by atomic mass is 10.2. The molecule has 0 aliphatic heterocycles. The first-order valence-corrected chi connectivity index (χ1v) is 9.91. The molecule has 1 atom stereocenters. The van der Waals surface area contributed by atoms with Crippen LogP contribution in [0.3, 0.4) is 0 Å². The highest BCUT2D eigenvalue weighted by molar-refractivity contribution is 6.04. The second kappa shape index (κ2) is 14.0. The molecule has 0 fully saturated rings. The molecule has 0 spiro atoms. The highest BCUT2D eigenvalue weighted by Gasteiger charge is 2.12. The molecule has 0 saturated carbocycles. The van der Waals surface area contributed by atoms with E-state index in [-0.39, 0.29) is 18.0 Å². The minimum absolute atomic E-state index is 0.0456. The maximum atomic E-state index is 12.5. The van der Waals surface area contributed by atoms with E-state index in [2.05, 4.69) is 29.1 Å². The molecule has 0 aliphatic rings. The van der Waals surface area contributed by atoms with E-state index in [4.69, 9.17) is 14.2 Å². The Morgan fingerprint density at radius 2 is 1.82 bits per heavy atom. The maximum absolute atomic E-state index is 12.5. The van der Waals surface area contributed by atoms with Crippen LogP contribution in [0.2, 0.25) is 0 Å². The highest BCUT2D eigenvalue weighted by Crippen LogP contribution is 2.11. The predicted molar refractivity (Wildman–Crippen MR) is 112 cm³/mol. The summed E-state index contributed by atoms with van der Waals surface area (Å²) in [6, 6.07) is 7.17. The third kappa shape index (κ3) is 9.19. The van der Waals surface area contributed by atoms with Gasteiger partial charge in [-0.05, 0) is 63.7 Å². The fourth-order valence-electron chi connectivity index (χ4n) is 2.65. The lowest BCUT2D eigenvalue weighted by Gasteiger charge is -2.18. The topological polar surface area (TPSA) is 72.4 Å². The van der Waals surface area contributed by atoms with Gasteiger partial charge < -0.3 is 19.1 Å². The van der Waals surface area contributed by atoms with Crippen molar-refractivity contribution in [2.24, 2.45) is 4.99 Å². The van der Waals surface area contributed by atoms with E-state index >= 15 is 0 Å². The standard InChI is InChI=1S/C21H35N3O4/c1-6-24(7-2)14-8-9-17(3)22-21(28-16-15-26-4)23-20(25)18-10-12-19(27-5)13-11-18/h10-13,17H,6-9,14-16H2,1-5H3,(H,22,23,25)/t17-/m0/s1. The van der Waals surface area contributed by atoms with E-state index in [9.17, 15) is 4.79 Å². The van der Waals surface area contributed by atoms with Gasteiger partial charge in [0.05, 0.1) is 19.8 Å². The molecule has 0 unspecified atom stereocenters. The monoisotopic (exact) mass is 393 g/mol. The molecule has 0 aromatic heterocycles. The first kappa shape index (κ1) is 23.9. The van der Waals surface area contributed by atoms with Crippen molar-refractivity contribution in [3.8, 4) is 5.75 Å². The fraction of sp³-hybridized carbons (Fsp3) is 0.619. The van der Waals surface area contributed by atoms with Crippen molar-refractivity contribution in [1.82, 2.24) is 10.2 Å². The minimum atomic E-state index is -0.269. The Labute approximate surface area is 169 Å². The van der Waals surface area contributed by atoms with Crippen LogP contribution in [-0.2, 0) is 9.47 Å². The minimum Gasteiger partial charge on any atom is -0.497 e. The molecule has 7 nitrogen and oxygen atoms in total. The van der Waals surface area contributed by atoms with Gasteiger partial charge in [-0.2, -0.15) is 0 Å². The summed E-state index contributed by atoms with van der Waals surface area (Å²) < 4.78 is 15.8. The quantitative estimate of drug-likeness (QED) is 0.336. The molecule has 1 N–H and O–H groups in total. The molecule has 28 heavy (non-hydrogen) atoms. The normalized spacial score (nSPS) is 12.7. The first-order valence-electron chi connectivity index (χ1n) is 9.91. The lowest BCUT2D eigenvalue weighted by molar-refractivity contribution is 0.0953. The number of nitrogens with one attached hydrogen (secondary N) is 1. The molecule has 1 amide bonds. The Hall–Kier alpha value is -2.12. The summed E-state index contributed by atoms with van der Waals surface area (Å²) in [5.41, 5.74) is 0.512. The number of carbonyl (C=O) groups is 1. The number of amidine groups is 1. The summed E-state index contributed by atoms with van der Waals surface area (Å²) in [6.45, 7) is 10.3. The second-order valence-corrected chi connectivity index (χ2v) is 6.48. The zero-order valence-corrected chi connectivity index (χ0v) is 17.9. The number of amides is 1. The van der Waals surface area contributed by atoms with E-state index in [1.807, 2.05) is 6.92 Å². The van der Waals surface area contributed by atoms with Crippen LogP contribution < -0.4 is 10.1 Å². The number of aliphatic imine (C=N–C) groups is 1. The Morgan fingerprint density at radius 3 is 2.39 bits per heavy atom. The van der Waals surface area contributed by atoms with Gasteiger partial charge in [-0.15, -0.1) is 0 Å². The van der Waals surface area contributed by atoms with Gasteiger partial charge in [-0.3, -0.25) is 10.1 Å². The molecule has 1 aromatic carbocycles. The van der Waals surface area contributed by atoms with Crippen LogP contribution in [0.1, 0.15) is 44.0 Å². The molecular formula is C21H35N3O4. The molecule has 0 heterocycles. The van der Waals surface area contributed by atoms with Gasteiger partial charge >= 0.3 is 0 Å². The number of rotatable bonds is 12. The molecular weight excluding hydrogens is 358 g/mol. The number of hydrogen-bond donors (Lipinski definition) is 1. The van der Waals surface area contributed by atoms with E-state index in [1.165, 1.54) is 0 Å². The smallest absolute Gasteiger partial charge is 0.292 e. The van der Waals surface area contributed by atoms with Crippen LogP contribution in [0.4, 0.5) is 0 Å². The summed E-state index contributed by atoms with van der Waals surface area (Å²) in [5, 5.41) is 2.76. The lowest BCUT2D eigenvalue weighted by Crippen LogP contribution is -2.34. The van der Waals surface area contributed by atoms with Crippen LogP contribution >= 0.6 is 0 Å². The summed E-state index contributed by atoms with van der Waals surface area (Å²) >= 11 is 0. The summed E-state index contributed by atoms with van der Waals surface area (Å²) in [6.07, 6.45) is 1.97. The zero-order valence-electron chi connectivity index (χ0n) is 17.9. The summed E-state index contributed by atoms with van der Waals surface area (Å²) in [7, 11) is 3.19. The third-order valence-electron chi connectivity index (χ3n) is 4.43. The van der Waals surface area contributed by atoms with Crippen molar-refractivity contribution >= 4 is 11.9 Å². The van der Waals surface area contributed by atoms with E-state index in [0.717, 1.165) is 32.5 Å². The number of carbonyl (C=O) groups excluding carboxylic acids is 1. The van der Waals surface area contributed by atoms with Crippen LogP contribution in [-0.4, -0.2) is 69.9 Å². The Kier molecular flexibility index (Phi) is 11.9. The summed E-state index contributed by atoms with van der Waals surface area (Å²) in [5.74, 6) is 0.428. The molecule has 158 valence electrons. The van der Waals surface area contributed by atoms with Crippen LogP contribution in [0.15, 0.2) is 29.3 Å². The van der Waals surface area contributed by atoms with Gasteiger partial charge in [0.1, 0.15) is 12.4 Å². The number of benzene rings is 1. The Morgan fingerprint density at radius 1 is 1.14 bits per heavy atom. The van der Waals surface area contributed by atoms with Crippen LogP contribution in [0, 0.1) is 0 Å². The molecule has 1 aromatic rings. The van der Waals surface area contributed by atoms with Crippen molar-refractivity contribution in [3.05, 3.63) is 29.8 Å². The maximum Gasteiger partial charge on any atom is 0.292 e. The zero-order chi connectivity index (χ0) is 20.8. The Balaban J connectivity index is 2.68. The predicted octanol–water partition coefficient (Wildman–Crippen LogP) is 2.95. The number of ether oxygens (including phenoxy) is 3. The fourth-order valence-corrected chi connectivity index (χ4v) is 2.65. The average Bonchev–Trinajstić information content (AvgIpc) is 2.71. The van der Waals surface area contributed by atoms with E-state index < -0.39 is 0 Å². The van der Waals surface area contributed by atoms with Crippen molar-refractivity contribution in [1.29, 1.82) is 0 Å². The number of methoxy groups -OCH3 is 2. The number of hydrogen-bond acceptors (Lipinski definition) is 6. The van der Waals surface area contributed by atoms with E-state index in [1.54, 1.807) is 38.5 Å². The summed E-state index contributed by atoms with van der Waals surface area (Å²) in [4.78, 5) is 19.4. The van der Waals surface area contributed by atoms with Crippen LogP contribution in [0.25, 0.3) is 0 Å². The van der Waals surface area contributed by atoms with Gasteiger partial charge in [0.2, 0.25) is 0 Å². The van der Waals surface area contributed by atoms with E-state index in [0.29, 0.717) is 24.5 Å². The molecule has 7 heteroatoms. The van der Waals surface area contributed by atoms with Crippen molar-refractivity contribution in [3.63, 3.8) is 0 Å². The van der Waals surface area contributed by atoms with Crippen LogP contribution in [0.5, 0.6) is 5.75 Å². The molecule has 0 radical (unpaired) electrons. The van der Waals surface area contributed by atoms with Gasteiger partial charge in [0.25, 0.3) is 11.9 Å². The highest BCUT2D eigenvalue weighted by atomic mass is 16.5. The number of nitrogens with zero attached hydrogens (tertiary/aromatic N) is 2. The SMILES string of the molecule is CCN(CC)CCC[C@H](C)N=C(NC(=O)c1ccc(OC)cc1)OCCOC. The Bertz CT molecular complexity index is 586.